The minimum absolute atomic E-state index is 0.294. The van der Waals surface area contributed by atoms with Crippen LogP contribution in [-0.4, -0.2) is 51.0 Å². The molecular formula is C54H84O5. The van der Waals surface area contributed by atoms with E-state index in [1.807, 2.05) is 0 Å². The summed E-state index contributed by atoms with van der Waals surface area (Å²) < 4.78 is 34.7. The van der Waals surface area contributed by atoms with Gasteiger partial charge in [-0.15, -0.1) is 0 Å². The Labute approximate surface area is 361 Å². The summed E-state index contributed by atoms with van der Waals surface area (Å²) in [6.45, 7) is 9.21. The van der Waals surface area contributed by atoms with Crippen molar-refractivity contribution < 1.29 is 23.7 Å². The Morgan fingerprint density at radius 2 is 0.712 bits per heavy atom. The van der Waals surface area contributed by atoms with Crippen molar-refractivity contribution in [2.24, 2.45) is 0 Å². The second-order valence-corrected chi connectivity index (χ2v) is 17.1. The molecule has 0 spiro atoms. The molecule has 1 saturated heterocycles. The predicted molar refractivity (Wildman–Crippen MR) is 247 cm³/mol. The molecule has 0 N–H and O–H groups in total. The summed E-state index contributed by atoms with van der Waals surface area (Å²) in [6.07, 6.45) is 28.9. The summed E-state index contributed by atoms with van der Waals surface area (Å²) in [5.41, 5.74) is 2.39. The van der Waals surface area contributed by atoms with Gasteiger partial charge in [0.1, 0.15) is 23.9 Å². The molecule has 1 aliphatic heterocycles. The van der Waals surface area contributed by atoms with Crippen LogP contribution in [0.3, 0.4) is 0 Å². The van der Waals surface area contributed by atoms with Gasteiger partial charge in [-0.05, 0) is 36.0 Å². The number of unbranched alkanes of at least 4 members (excludes halogenated alkanes) is 21. The molecule has 0 bridgehead atoms. The number of rotatable bonds is 36. The fourth-order valence-corrected chi connectivity index (χ4v) is 8.66. The Kier molecular flexibility index (Phi) is 26.1. The van der Waals surface area contributed by atoms with Gasteiger partial charge in [0.25, 0.3) is 0 Å². The van der Waals surface area contributed by atoms with E-state index in [9.17, 15) is 0 Å². The first-order valence-electron chi connectivity index (χ1n) is 24.5. The molecule has 1 fully saturated rings. The van der Waals surface area contributed by atoms with Crippen molar-refractivity contribution in [3.63, 3.8) is 0 Å². The fourth-order valence-electron chi connectivity index (χ4n) is 8.66. The van der Waals surface area contributed by atoms with Crippen molar-refractivity contribution in [2.75, 3.05) is 26.4 Å². The topological polar surface area (TPSA) is 46.2 Å². The van der Waals surface area contributed by atoms with E-state index in [2.05, 4.69) is 112 Å². The average molecular weight is 813 g/mol. The van der Waals surface area contributed by atoms with Gasteiger partial charge in [0, 0.05) is 19.8 Å². The highest BCUT2D eigenvalue weighted by atomic mass is 16.7. The Balaban J connectivity index is 1.51. The smallest absolute Gasteiger partial charge is 0.186 e. The molecule has 5 heteroatoms. The number of ether oxygens (including phenoxy) is 5. The molecule has 0 aromatic heterocycles. The van der Waals surface area contributed by atoms with Gasteiger partial charge < -0.3 is 23.7 Å². The van der Waals surface area contributed by atoms with E-state index in [-0.39, 0.29) is 18.3 Å². The summed E-state index contributed by atoms with van der Waals surface area (Å²) in [4.78, 5) is 0. The third-order valence-electron chi connectivity index (χ3n) is 12.2. The summed E-state index contributed by atoms with van der Waals surface area (Å²) in [5.74, 6) is 0. The highest BCUT2D eigenvalue weighted by Crippen LogP contribution is 2.41. The molecule has 5 nitrogen and oxygen atoms in total. The second-order valence-electron chi connectivity index (χ2n) is 17.1. The van der Waals surface area contributed by atoms with Crippen molar-refractivity contribution in [3.05, 3.63) is 108 Å². The van der Waals surface area contributed by atoms with E-state index in [1.165, 1.54) is 135 Å². The van der Waals surface area contributed by atoms with Crippen molar-refractivity contribution in [1.82, 2.24) is 0 Å². The Morgan fingerprint density at radius 3 is 1.08 bits per heavy atom. The third-order valence-corrected chi connectivity index (χ3v) is 12.2. The highest BCUT2D eigenvalue weighted by Gasteiger charge is 2.49. The first-order chi connectivity index (χ1) is 29.2. The van der Waals surface area contributed by atoms with Crippen molar-refractivity contribution in [3.8, 4) is 0 Å². The molecule has 1 heterocycles. The van der Waals surface area contributed by atoms with Crippen LogP contribution in [0.15, 0.2) is 91.0 Å². The van der Waals surface area contributed by atoms with Crippen LogP contribution < -0.4 is 0 Å². The van der Waals surface area contributed by atoms with Gasteiger partial charge in [0.05, 0.1) is 6.61 Å². The van der Waals surface area contributed by atoms with Crippen LogP contribution in [0.2, 0.25) is 0 Å². The van der Waals surface area contributed by atoms with Crippen molar-refractivity contribution >= 4 is 0 Å². The number of benzene rings is 3. The van der Waals surface area contributed by atoms with Gasteiger partial charge >= 0.3 is 0 Å². The van der Waals surface area contributed by atoms with Crippen molar-refractivity contribution in [1.29, 1.82) is 0 Å². The predicted octanol–water partition coefficient (Wildman–Crippen LogP) is 14.9. The molecule has 0 saturated carbocycles. The highest BCUT2D eigenvalue weighted by molar-refractivity contribution is 5.47. The fraction of sp³-hybridized carbons (Fsp3) is 0.667. The maximum Gasteiger partial charge on any atom is 0.186 e. The number of hydrogen-bond acceptors (Lipinski definition) is 5. The maximum atomic E-state index is 7.37. The molecule has 1 aliphatic rings. The van der Waals surface area contributed by atoms with E-state index in [4.69, 9.17) is 23.7 Å². The maximum absolute atomic E-state index is 7.37. The normalized spacial score (nSPS) is 18.2. The Hall–Kier alpha value is -2.54. The molecule has 0 aliphatic carbocycles. The van der Waals surface area contributed by atoms with E-state index in [0.717, 1.165) is 36.0 Å². The monoisotopic (exact) mass is 813 g/mol. The van der Waals surface area contributed by atoms with Gasteiger partial charge in [0.2, 0.25) is 0 Å². The molecule has 4 atom stereocenters. The Bertz CT molecular complexity index is 1290. The lowest BCUT2D eigenvalue weighted by Crippen LogP contribution is -2.42. The summed E-state index contributed by atoms with van der Waals surface area (Å²) in [7, 11) is 0. The zero-order chi connectivity index (χ0) is 41.5. The van der Waals surface area contributed by atoms with E-state index in [1.54, 1.807) is 0 Å². The van der Waals surface area contributed by atoms with E-state index < -0.39 is 11.9 Å². The quantitative estimate of drug-likeness (QED) is 0.0432. The second kappa shape index (κ2) is 31.3. The molecule has 0 radical (unpaired) electrons. The molecule has 4 rings (SSSR count). The van der Waals surface area contributed by atoms with Gasteiger partial charge in [-0.2, -0.15) is 0 Å². The lowest BCUT2D eigenvalue weighted by molar-refractivity contribution is -0.185. The number of hydrogen-bond donors (Lipinski definition) is 0. The lowest BCUT2D eigenvalue weighted by Gasteiger charge is -2.37. The zero-order valence-electron chi connectivity index (χ0n) is 37.8. The van der Waals surface area contributed by atoms with Gasteiger partial charge in [-0.3, -0.25) is 0 Å². The largest absolute Gasteiger partial charge is 0.372 e. The standard InChI is InChI=1S/C54H84O5/c1-4-7-10-13-16-19-22-34-43-55-51-50(46-58-54(47-37-28-25-29-38-47,48-39-30-26-31-40-48)49-41-32-27-33-42-49)59-53(57-45-36-24-21-18-15-12-9-6-3)52(51)56-44-35-23-20-17-14-11-8-5-2/h25-33,37-42,50-53H,4-24,34-36,43-46H2,1-3H3. The molecule has 3 aromatic rings. The van der Waals surface area contributed by atoms with Gasteiger partial charge in [-0.1, -0.05) is 247 Å². The first kappa shape index (κ1) is 49.1. The van der Waals surface area contributed by atoms with Crippen LogP contribution in [0.5, 0.6) is 0 Å². The SMILES string of the molecule is CCCCCCCCCCOC1OC(COC(c2ccccc2)(c2ccccc2)c2ccccc2)C(OCCCCCCCCCC)C1OCCCCCCCCCC. The molecule has 4 unspecified atom stereocenters. The van der Waals surface area contributed by atoms with Crippen molar-refractivity contribution in [2.45, 2.75) is 205 Å². The van der Waals surface area contributed by atoms with Crippen LogP contribution in [-0.2, 0) is 29.3 Å². The van der Waals surface area contributed by atoms with Gasteiger partial charge in [0.15, 0.2) is 6.29 Å². The first-order valence-corrected chi connectivity index (χ1v) is 24.5. The summed E-state index contributed by atoms with van der Waals surface area (Å²) in [6, 6.07) is 31.9. The molecule has 3 aromatic carbocycles. The molecule has 59 heavy (non-hydrogen) atoms. The van der Waals surface area contributed by atoms with Crippen LogP contribution in [0.1, 0.15) is 192 Å². The van der Waals surface area contributed by atoms with Gasteiger partial charge in [-0.25, -0.2) is 0 Å². The minimum atomic E-state index is -0.848. The van der Waals surface area contributed by atoms with Crippen LogP contribution in [0, 0.1) is 0 Å². The van der Waals surface area contributed by atoms with E-state index in [0.29, 0.717) is 26.4 Å². The van der Waals surface area contributed by atoms with Crippen LogP contribution in [0.4, 0.5) is 0 Å². The van der Waals surface area contributed by atoms with Crippen LogP contribution in [0.25, 0.3) is 0 Å². The third kappa shape index (κ3) is 17.8. The zero-order valence-corrected chi connectivity index (χ0v) is 37.8. The molecule has 330 valence electrons. The summed E-state index contributed by atoms with van der Waals surface area (Å²) in [5, 5.41) is 0. The summed E-state index contributed by atoms with van der Waals surface area (Å²) >= 11 is 0. The van der Waals surface area contributed by atoms with E-state index >= 15 is 0 Å². The Morgan fingerprint density at radius 1 is 0.390 bits per heavy atom. The molecular weight excluding hydrogens is 729 g/mol. The lowest BCUT2D eigenvalue weighted by atomic mass is 9.80. The minimum Gasteiger partial charge on any atom is -0.372 e. The average Bonchev–Trinajstić information content (AvgIpc) is 3.61. The van der Waals surface area contributed by atoms with Crippen LogP contribution >= 0.6 is 0 Å². The molecule has 0 amide bonds.